The molecule has 1 amide bonds. The molecule has 1 aromatic heterocycles. The molecule has 3 aromatic rings. The lowest BCUT2D eigenvalue weighted by atomic mass is 10.2. The molecule has 6 nitrogen and oxygen atoms in total. The number of carbonyl (C=O) groups excluding carboxylic acids is 1. The first-order valence-corrected chi connectivity index (χ1v) is 9.53. The van der Waals surface area contributed by atoms with E-state index in [4.69, 9.17) is 9.15 Å². The van der Waals surface area contributed by atoms with E-state index in [2.05, 4.69) is 49.0 Å². The number of rotatable bonds is 5. The highest BCUT2D eigenvalue weighted by molar-refractivity contribution is 14.1. The first-order chi connectivity index (χ1) is 12.5. The molecule has 0 aliphatic carbocycles. The highest BCUT2D eigenvalue weighted by Crippen LogP contribution is 2.28. The standard InChI is InChI=1S/C18H14BrIN2O4/c1-2-25-15-5-10(3-4-14(15)23)9-21-22-18(24)16-7-11-6-12(19)8-13(20)17(11)26-16/h3-9,23H,2H2,1H3,(H,22,24)/b21-9-. The number of hydrogen-bond donors (Lipinski definition) is 2. The summed E-state index contributed by atoms with van der Waals surface area (Å²) in [7, 11) is 0. The molecule has 1 heterocycles. The fraction of sp³-hybridized carbons (Fsp3) is 0.111. The predicted octanol–water partition coefficient (Wildman–Crippen LogP) is 4.67. The topological polar surface area (TPSA) is 84.1 Å². The molecule has 2 N–H and O–H groups in total. The van der Waals surface area contributed by atoms with Gasteiger partial charge in [-0.3, -0.25) is 4.79 Å². The van der Waals surface area contributed by atoms with Gasteiger partial charge in [-0.1, -0.05) is 15.9 Å². The Kier molecular flexibility index (Phi) is 5.82. The van der Waals surface area contributed by atoms with Crippen LogP contribution in [0.25, 0.3) is 11.0 Å². The van der Waals surface area contributed by atoms with Crippen molar-refractivity contribution in [2.45, 2.75) is 6.92 Å². The average Bonchev–Trinajstić information content (AvgIpc) is 3.02. The number of nitrogens with one attached hydrogen (secondary N) is 1. The van der Waals surface area contributed by atoms with Gasteiger partial charge in [-0.05, 0) is 71.5 Å². The summed E-state index contributed by atoms with van der Waals surface area (Å²) in [6.07, 6.45) is 1.46. The van der Waals surface area contributed by atoms with Crippen LogP contribution < -0.4 is 10.2 Å². The molecule has 3 rings (SSSR count). The van der Waals surface area contributed by atoms with Gasteiger partial charge in [0.05, 0.1) is 16.4 Å². The Bertz CT molecular complexity index is 1000. The molecule has 0 saturated carbocycles. The van der Waals surface area contributed by atoms with Crippen molar-refractivity contribution in [1.82, 2.24) is 5.43 Å². The van der Waals surface area contributed by atoms with Crippen LogP contribution in [0.1, 0.15) is 23.0 Å². The van der Waals surface area contributed by atoms with Gasteiger partial charge >= 0.3 is 5.91 Å². The van der Waals surface area contributed by atoms with Gasteiger partial charge in [0.25, 0.3) is 0 Å². The number of phenols is 1. The first kappa shape index (κ1) is 18.7. The maximum atomic E-state index is 12.2. The predicted molar refractivity (Wildman–Crippen MR) is 111 cm³/mol. The summed E-state index contributed by atoms with van der Waals surface area (Å²) in [6.45, 7) is 2.26. The van der Waals surface area contributed by atoms with E-state index in [9.17, 15) is 9.90 Å². The molecule has 0 radical (unpaired) electrons. The fourth-order valence-electron chi connectivity index (χ4n) is 2.29. The second-order valence-electron chi connectivity index (χ2n) is 5.28. The van der Waals surface area contributed by atoms with Crippen LogP contribution in [-0.4, -0.2) is 23.8 Å². The number of benzene rings is 2. The van der Waals surface area contributed by atoms with E-state index >= 15 is 0 Å². The molecular formula is C18H14BrIN2O4. The molecule has 8 heteroatoms. The second-order valence-corrected chi connectivity index (χ2v) is 7.35. The number of carbonyl (C=O) groups is 1. The summed E-state index contributed by atoms with van der Waals surface area (Å²) in [6, 6.07) is 10.3. The van der Waals surface area contributed by atoms with Crippen molar-refractivity contribution >= 4 is 61.6 Å². The quantitative estimate of drug-likeness (QED) is 0.286. The Morgan fingerprint density at radius 2 is 2.19 bits per heavy atom. The molecule has 0 unspecified atom stereocenters. The Balaban J connectivity index is 1.73. The number of hydrogen-bond acceptors (Lipinski definition) is 5. The molecule has 0 bridgehead atoms. The summed E-state index contributed by atoms with van der Waals surface area (Å²) in [4.78, 5) is 12.2. The van der Waals surface area contributed by atoms with Gasteiger partial charge in [0.2, 0.25) is 0 Å². The van der Waals surface area contributed by atoms with E-state index in [-0.39, 0.29) is 11.5 Å². The zero-order valence-corrected chi connectivity index (χ0v) is 17.4. The van der Waals surface area contributed by atoms with E-state index in [0.717, 1.165) is 13.4 Å². The van der Waals surface area contributed by atoms with Gasteiger partial charge in [0.15, 0.2) is 17.3 Å². The molecule has 0 saturated heterocycles. The third kappa shape index (κ3) is 4.18. The molecule has 134 valence electrons. The van der Waals surface area contributed by atoms with Crippen LogP contribution in [0.5, 0.6) is 11.5 Å². The molecule has 26 heavy (non-hydrogen) atoms. The van der Waals surface area contributed by atoms with Crippen molar-refractivity contribution in [3.05, 3.63) is 55.8 Å². The normalized spacial score (nSPS) is 11.2. The van der Waals surface area contributed by atoms with Crippen molar-refractivity contribution in [1.29, 1.82) is 0 Å². The maximum Gasteiger partial charge on any atom is 0.307 e. The Morgan fingerprint density at radius 3 is 2.96 bits per heavy atom. The van der Waals surface area contributed by atoms with Gasteiger partial charge in [-0.25, -0.2) is 5.43 Å². The Hall–Kier alpha value is -2.07. The minimum absolute atomic E-state index is 0.0519. The number of nitrogens with zero attached hydrogens (tertiary/aromatic N) is 1. The molecule has 0 aliphatic heterocycles. The summed E-state index contributed by atoms with van der Waals surface area (Å²) < 4.78 is 12.7. The van der Waals surface area contributed by atoms with Crippen molar-refractivity contribution in [2.75, 3.05) is 6.61 Å². The van der Waals surface area contributed by atoms with Crippen LogP contribution in [0.3, 0.4) is 0 Å². The third-order valence-electron chi connectivity index (χ3n) is 3.42. The highest BCUT2D eigenvalue weighted by Gasteiger charge is 2.14. The van der Waals surface area contributed by atoms with Crippen molar-refractivity contribution < 1.29 is 19.1 Å². The van der Waals surface area contributed by atoms with Crippen molar-refractivity contribution in [2.24, 2.45) is 5.10 Å². The van der Waals surface area contributed by atoms with Crippen LogP contribution in [0, 0.1) is 3.57 Å². The smallest absolute Gasteiger partial charge is 0.307 e. The van der Waals surface area contributed by atoms with Crippen molar-refractivity contribution in [3.63, 3.8) is 0 Å². The fourth-order valence-corrected chi connectivity index (χ4v) is 3.95. The number of furan rings is 1. The largest absolute Gasteiger partial charge is 0.504 e. The summed E-state index contributed by atoms with van der Waals surface area (Å²) >= 11 is 5.57. The van der Waals surface area contributed by atoms with E-state index in [1.807, 2.05) is 19.1 Å². The molecule has 0 atom stereocenters. The first-order valence-electron chi connectivity index (χ1n) is 7.65. The minimum atomic E-state index is -0.451. The lowest BCUT2D eigenvalue weighted by molar-refractivity contribution is 0.0929. The maximum absolute atomic E-state index is 12.2. The van der Waals surface area contributed by atoms with Crippen LogP contribution in [0.4, 0.5) is 0 Å². The average molecular weight is 529 g/mol. The lowest BCUT2D eigenvalue weighted by Crippen LogP contribution is -2.16. The third-order valence-corrected chi connectivity index (χ3v) is 4.68. The Morgan fingerprint density at radius 1 is 1.38 bits per heavy atom. The summed E-state index contributed by atoms with van der Waals surface area (Å²) in [5.74, 6) is 0.137. The van der Waals surface area contributed by atoms with Gasteiger partial charge < -0.3 is 14.3 Å². The van der Waals surface area contributed by atoms with Crippen LogP contribution in [-0.2, 0) is 0 Å². The number of halogens is 2. The SMILES string of the molecule is CCOc1cc(/C=N\NC(=O)c2cc3cc(Br)cc(I)c3o2)ccc1O. The molecule has 0 spiro atoms. The van der Waals surface area contributed by atoms with Crippen LogP contribution in [0.15, 0.2) is 50.4 Å². The number of amides is 1. The van der Waals surface area contributed by atoms with Crippen molar-refractivity contribution in [3.8, 4) is 11.5 Å². The zero-order chi connectivity index (χ0) is 18.7. The number of ether oxygens (including phenoxy) is 1. The highest BCUT2D eigenvalue weighted by atomic mass is 127. The number of fused-ring (bicyclic) bond motifs is 1. The van der Waals surface area contributed by atoms with Crippen LogP contribution >= 0.6 is 38.5 Å². The molecule has 2 aromatic carbocycles. The lowest BCUT2D eigenvalue weighted by Gasteiger charge is -2.05. The van der Waals surface area contributed by atoms with E-state index in [0.29, 0.717) is 23.5 Å². The summed E-state index contributed by atoms with van der Waals surface area (Å²) in [5.41, 5.74) is 3.76. The van der Waals surface area contributed by atoms with Gasteiger partial charge in [-0.15, -0.1) is 0 Å². The Labute approximate surface area is 171 Å². The molecular weight excluding hydrogens is 515 g/mol. The van der Waals surface area contributed by atoms with Gasteiger partial charge in [0.1, 0.15) is 5.58 Å². The minimum Gasteiger partial charge on any atom is -0.504 e. The number of aromatic hydroxyl groups is 1. The monoisotopic (exact) mass is 528 g/mol. The van der Waals surface area contributed by atoms with Gasteiger partial charge in [-0.2, -0.15) is 5.10 Å². The van der Waals surface area contributed by atoms with Crippen LogP contribution in [0.2, 0.25) is 0 Å². The van der Waals surface area contributed by atoms with E-state index in [1.165, 1.54) is 12.3 Å². The number of phenolic OH excluding ortho intramolecular Hbond substituents is 1. The number of hydrazone groups is 1. The summed E-state index contributed by atoms with van der Waals surface area (Å²) in [5, 5.41) is 14.4. The van der Waals surface area contributed by atoms with Gasteiger partial charge in [0, 0.05) is 9.86 Å². The van der Waals surface area contributed by atoms with E-state index in [1.54, 1.807) is 18.2 Å². The zero-order valence-electron chi connectivity index (χ0n) is 13.6. The second kappa shape index (κ2) is 8.09. The molecule has 0 fully saturated rings. The molecule has 0 aliphatic rings. The van der Waals surface area contributed by atoms with E-state index < -0.39 is 5.91 Å².